The predicted octanol–water partition coefficient (Wildman–Crippen LogP) is 5.73. The molecular formula is C22H18ClN3O. The maximum Gasteiger partial charge on any atom is 0.223 e. The number of nitrogens with zero attached hydrogens (tertiary/aromatic N) is 3. The average molecular weight is 376 g/mol. The minimum Gasteiger partial charge on any atom is -0.497 e. The van der Waals surface area contributed by atoms with E-state index in [1.807, 2.05) is 67.7 Å². The molecule has 0 amide bonds. The highest BCUT2D eigenvalue weighted by Crippen LogP contribution is 2.37. The minimum atomic E-state index is 0.241. The van der Waals surface area contributed by atoms with E-state index in [1.54, 1.807) is 7.11 Å². The van der Waals surface area contributed by atoms with Crippen LogP contribution >= 0.6 is 11.6 Å². The van der Waals surface area contributed by atoms with Gasteiger partial charge in [0, 0.05) is 23.7 Å². The van der Waals surface area contributed by atoms with Crippen LogP contribution in [-0.2, 0) is 0 Å². The van der Waals surface area contributed by atoms with E-state index in [9.17, 15) is 0 Å². The summed E-state index contributed by atoms with van der Waals surface area (Å²) in [5.41, 5.74) is 4.72. The Labute approximate surface area is 163 Å². The number of benzene rings is 3. The van der Waals surface area contributed by atoms with Crippen LogP contribution in [0.25, 0.3) is 22.2 Å². The van der Waals surface area contributed by atoms with Crippen molar-refractivity contribution in [3.05, 3.63) is 78.1 Å². The molecule has 0 fully saturated rings. The van der Waals surface area contributed by atoms with Gasteiger partial charge in [0.25, 0.3) is 0 Å². The second-order valence-electron chi connectivity index (χ2n) is 6.13. The van der Waals surface area contributed by atoms with Crippen molar-refractivity contribution in [2.75, 3.05) is 19.1 Å². The van der Waals surface area contributed by atoms with E-state index in [4.69, 9.17) is 16.3 Å². The van der Waals surface area contributed by atoms with Gasteiger partial charge in [-0.2, -0.15) is 0 Å². The van der Waals surface area contributed by atoms with E-state index in [-0.39, 0.29) is 5.28 Å². The summed E-state index contributed by atoms with van der Waals surface area (Å²) in [4.78, 5) is 11.0. The second-order valence-corrected chi connectivity index (χ2v) is 6.47. The van der Waals surface area contributed by atoms with Gasteiger partial charge < -0.3 is 9.64 Å². The van der Waals surface area contributed by atoms with Gasteiger partial charge >= 0.3 is 0 Å². The molecule has 4 aromatic rings. The largest absolute Gasteiger partial charge is 0.497 e. The zero-order valence-electron chi connectivity index (χ0n) is 15.1. The van der Waals surface area contributed by atoms with E-state index in [0.29, 0.717) is 0 Å². The quantitative estimate of drug-likeness (QED) is 0.427. The lowest BCUT2D eigenvalue weighted by molar-refractivity contribution is 0.415. The summed E-state index contributed by atoms with van der Waals surface area (Å²) >= 11 is 6.21. The molecule has 0 atom stereocenters. The highest BCUT2D eigenvalue weighted by Gasteiger charge is 2.15. The molecule has 0 bridgehead atoms. The molecule has 0 aliphatic heterocycles. The molecule has 0 aliphatic rings. The SMILES string of the molecule is COc1ccc(N(C)c2ccccc2-c2nc(Cl)nc3ccccc23)cc1. The first-order valence-corrected chi connectivity index (χ1v) is 8.94. The zero-order chi connectivity index (χ0) is 18.8. The topological polar surface area (TPSA) is 38.2 Å². The lowest BCUT2D eigenvalue weighted by Crippen LogP contribution is -2.11. The van der Waals surface area contributed by atoms with Crippen LogP contribution in [0.3, 0.4) is 0 Å². The van der Waals surface area contributed by atoms with Crippen molar-refractivity contribution in [1.29, 1.82) is 0 Å². The van der Waals surface area contributed by atoms with E-state index in [2.05, 4.69) is 27.0 Å². The molecule has 4 nitrogen and oxygen atoms in total. The number of anilines is 2. The van der Waals surface area contributed by atoms with Crippen molar-refractivity contribution >= 4 is 33.9 Å². The molecule has 3 aromatic carbocycles. The van der Waals surface area contributed by atoms with Gasteiger partial charge in [-0.25, -0.2) is 9.97 Å². The third kappa shape index (κ3) is 3.32. The van der Waals surface area contributed by atoms with Crippen molar-refractivity contribution < 1.29 is 4.74 Å². The van der Waals surface area contributed by atoms with Gasteiger partial charge in [-0.05, 0) is 48.0 Å². The molecule has 5 heteroatoms. The highest BCUT2D eigenvalue weighted by molar-refractivity contribution is 6.29. The molecule has 4 rings (SSSR count). The van der Waals surface area contributed by atoms with E-state index >= 15 is 0 Å². The van der Waals surface area contributed by atoms with Crippen molar-refractivity contribution in [3.63, 3.8) is 0 Å². The zero-order valence-corrected chi connectivity index (χ0v) is 15.8. The summed E-state index contributed by atoms with van der Waals surface area (Å²) in [6, 6.07) is 24.0. The molecule has 0 radical (unpaired) electrons. The van der Waals surface area contributed by atoms with Crippen LogP contribution in [0.4, 0.5) is 11.4 Å². The number of hydrogen-bond donors (Lipinski definition) is 0. The fourth-order valence-corrected chi connectivity index (χ4v) is 3.34. The van der Waals surface area contributed by atoms with Crippen LogP contribution in [0.2, 0.25) is 5.28 Å². The van der Waals surface area contributed by atoms with Gasteiger partial charge in [-0.3, -0.25) is 0 Å². The standard InChI is InChI=1S/C22H18ClN3O/c1-26(15-11-13-16(27-2)14-12-15)20-10-6-4-8-18(20)21-17-7-3-5-9-19(17)24-22(23)25-21/h3-14H,1-2H3. The number of rotatable bonds is 4. The van der Waals surface area contributed by atoms with Crippen LogP contribution in [-0.4, -0.2) is 24.1 Å². The van der Waals surface area contributed by atoms with Gasteiger partial charge in [0.05, 0.1) is 24.0 Å². The van der Waals surface area contributed by atoms with Gasteiger partial charge in [-0.15, -0.1) is 0 Å². The summed E-state index contributed by atoms with van der Waals surface area (Å²) in [5, 5.41) is 1.21. The molecular weight excluding hydrogens is 358 g/mol. The second kappa shape index (κ2) is 7.25. The lowest BCUT2D eigenvalue weighted by atomic mass is 10.0. The maximum absolute atomic E-state index is 6.21. The first kappa shape index (κ1) is 17.3. The average Bonchev–Trinajstić information content (AvgIpc) is 2.72. The summed E-state index contributed by atoms with van der Waals surface area (Å²) in [7, 11) is 3.70. The van der Waals surface area contributed by atoms with E-state index < -0.39 is 0 Å². The molecule has 1 aromatic heterocycles. The smallest absolute Gasteiger partial charge is 0.223 e. The van der Waals surface area contributed by atoms with Crippen LogP contribution in [0.15, 0.2) is 72.8 Å². The number of fused-ring (bicyclic) bond motifs is 1. The number of methoxy groups -OCH3 is 1. The van der Waals surface area contributed by atoms with Crippen molar-refractivity contribution in [1.82, 2.24) is 9.97 Å². The Morgan fingerprint density at radius 3 is 2.33 bits per heavy atom. The third-order valence-electron chi connectivity index (χ3n) is 4.56. The molecule has 0 aliphatic carbocycles. The summed E-state index contributed by atoms with van der Waals surface area (Å²) < 4.78 is 5.26. The van der Waals surface area contributed by atoms with Crippen LogP contribution in [0, 0.1) is 0 Å². The van der Waals surface area contributed by atoms with E-state index in [1.165, 1.54) is 0 Å². The Morgan fingerprint density at radius 2 is 1.56 bits per heavy atom. The van der Waals surface area contributed by atoms with Gasteiger partial charge in [0.15, 0.2) is 0 Å². The first-order chi connectivity index (χ1) is 13.2. The Hall–Kier alpha value is -3.11. The van der Waals surface area contributed by atoms with Crippen molar-refractivity contribution in [2.45, 2.75) is 0 Å². The number of ether oxygens (including phenoxy) is 1. The highest BCUT2D eigenvalue weighted by atomic mass is 35.5. The number of halogens is 1. The van der Waals surface area contributed by atoms with Crippen molar-refractivity contribution in [2.24, 2.45) is 0 Å². The first-order valence-electron chi connectivity index (χ1n) is 8.57. The Kier molecular flexibility index (Phi) is 4.65. The minimum absolute atomic E-state index is 0.241. The molecule has 1 heterocycles. The normalized spacial score (nSPS) is 10.8. The molecule has 0 N–H and O–H groups in total. The summed E-state index contributed by atoms with van der Waals surface area (Å²) in [6.07, 6.45) is 0. The van der Waals surface area contributed by atoms with Gasteiger partial charge in [0.2, 0.25) is 5.28 Å². The number of hydrogen-bond acceptors (Lipinski definition) is 4. The molecule has 0 saturated carbocycles. The van der Waals surface area contributed by atoms with Gasteiger partial charge in [0.1, 0.15) is 5.75 Å². The fourth-order valence-electron chi connectivity index (χ4n) is 3.16. The molecule has 134 valence electrons. The predicted molar refractivity (Wildman–Crippen MR) is 111 cm³/mol. The molecule has 0 spiro atoms. The van der Waals surface area contributed by atoms with Crippen LogP contribution in [0.5, 0.6) is 5.75 Å². The van der Waals surface area contributed by atoms with Gasteiger partial charge in [-0.1, -0.05) is 36.4 Å². The molecule has 0 saturated heterocycles. The molecule has 27 heavy (non-hydrogen) atoms. The number of aromatic nitrogens is 2. The Balaban J connectivity index is 1.87. The third-order valence-corrected chi connectivity index (χ3v) is 4.73. The van der Waals surface area contributed by atoms with Crippen LogP contribution < -0.4 is 9.64 Å². The number of para-hydroxylation sites is 2. The van der Waals surface area contributed by atoms with Crippen LogP contribution in [0.1, 0.15) is 0 Å². The summed E-state index contributed by atoms with van der Waals surface area (Å²) in [6.45, 7) is 0. The Bertz CT molecular complexity index is 1100. The van der Waals surface area contributed by atoms with Crippen molar-refractivity contribution in [3.8, 4) is 17.0 Å². The van der Waals surface area contributed by atoms with E-state index in [0.717, 1.165) is 39.3 Å². The molecule has 0 unspecified atom stereocenters. The summed E-state index contributed by atoms with van der Waals surface area (Å²) in [5.74, 6) is 0.828. The fraction of sp³-hybridized carbons (Fsp3) is 0.0909. The Morgan fingerprint density at radius 1 is 0.852 bits per heavy atom. The monoisotopic (exact) mass is 375 g/mol. The lowest BCUT2D eigenvalue weighted by Gasteiger charge is -2.23. The maximum atomic E-state index is 6.21.